The molecule has 36 heavy (non-hydrogen) atoms. The second-order valence-electron chi connectivity index (χ2n) is 8.16. The molecule has 194 valence electrons. The second-order valence-corrected chi connectivity index (χ2v) is 8.16. The van der Waals surface area contributed by atoms with Gasteiger partial charge in [-0.1, -0.05) is 0 Å². The summed E-state index contributed by atoms with van der Waals surface area (Å²) < 4.78 is 60.5. The van der Waals surface area contributed by atoms with Gasteiger partial charge in [-0.3, -0.25) is 14.4 Å². The number of carboxylic acids is 1. The van der Waals surface area contributed by atoms with Gasteiger partial charge in [0.15, 0.2) is 0 Å². The lowest BCUT2D eigenvalue weighted by Gasteiger charge is -2.26. The maximum Gasteiger partial charge on any atom is 0.573 e. The highest BCUT2D eigenvalue weighted by Crippen LogP contribution is 2.28. The van der Waals surface area contributed by atoms with Gasteiger partial charge in [-0.2, -0.15) is 0 Å². The number of halogens is 4. The van der Waals surface area contributed by atoms with Gasteiger partial charge in [-0.25, -0.2) is 4.39 Å². The molecule has 1 fully saturated rings. The molecule has 2 aromatic carbocycles. The maximum atomic E-state index is 14.4. The normalized spacial score (nSPS) is 17.7. The van der Waals surface area contributed by atoms with Crippen molar-refractivity contribution in [2.24, 2.45) is 5.92 Å². The molecule has 0 aromatic heterocycles. The van der Waals surface area contributed by atoms with E-state index in [1.54, 1.807) is 0 Å². The number of aliphatic carboxylic acids is 1. The van der Waals surface area contributed by atoms with Crippen molar-refractivity contribution in [3.8, 4) is 11.5 Å². The third-order valence-corrected chi connectivity index (χ3v) is 5.56. The Morgan fingerprint density at radius 1 is 0.889 bits per heavy atom. The molecule has 2 amide bonds. The van der Waals surface area contributed by atoms with Crippen molar-refractivity contribution in [2.45, 2.75) is 38.1 Å². The van der Waals surface area contributed by atoms with Crippen molar-refractivity contribution >= 4 is 17.8 Å². The van der Waals surface area contributed by atoms with Crippen LogP contribution in [0.15, 0.2) is 42.5 Å². The number of hydrogen-bond donors (Lipinski definition) is 3. The van der Waals surface area contributed by atoms with Crippen LogP contribution < -0.4 is 20.1 Å². The van der Waals surface area contributed by atoms with E-state index in [4.69, 9.17) is 9.84 Å². The number of alkyl halides is 3. The fourth-order valence-corrected chi connectivity index (χ4v) is 3.73. The molecule has 0 saturated heterocycles. The second kappa shape index (κ2) is 11.7. The van der Waals surface area contributed by atoms with Crippen molar-refractivity contribution < 1.29 is 46.5 Å². The summed E-state index contributed by atoms with van der Waals surface area (Å²) >= 11 is 0. The number of benzene rings is 2. The van der Waals surface area contributed by atoms with E-state index >= 15 is 0 Å². The van der Waals surface area contributed by atoms with Crippen LogP contribution in [0.5, 0.6) is 11.5 Å². The first-order chi connectivity index (χ1) is 17.0. The summed E-state index contributed by atoms with van der Waals surface area (Å²) in [5.74, 6) is -3.53. The molecule has 0 spiro atoms. The number of carbonyl (C=O) groups is 3. The number of amides is 2. The van der Waals surface area contributed by atoms with Crippen LogP contribution in [-0.4, -0.2) is 48.4 Å². The maximum absolute atomic E-state index is 14.4. The summed E-state index contributed by atoms with van der Waals surface area (Å²) in [4.78, 5) is 35.4. The number of carboxylic acid groups (broad SMARTS) is 1. The van der Waals surface area contributed by atoms with Crippen LogP contribution in [0.3, 0.4) is 0 Å². The Balaban J connectivity index is 1.42. The SMILES string of the molecule is O=C(NCCNC(=O)c1ccc(O[C@H]2CC[C@@H](C(=O)O)CC2)cc1F)c1ccc(OC(F)(F)F)cc1. The fourth-order valence-electron chi connectivity index (χ4n) is 3.73. The molecule has 8 nitrogen and oxygen atoms in total. The van der Waals surface area contributed by atoms with Gasteiger partial charge in [0, 0.05) is 24.7 Å². The van der Waals surface area contributed by atoms with Crippen LogP contribution in [0, 0.1) is 11.7 Å². The van der Waals surface area contributed by atoms with Crippen LogP contribution in [0.4, 0.5) is 17.6 Å². The van der Waals surface area contributed by atoms with Crippen molar-refractivity contribution in [2.75, 3.05) is 13.1 Å². The van der Waals surface area contributed by atoms with Crippen molar-refractivity contribution in [3.63, 3.8) is 0 Å². The fraction of sp³-hybridized carbons (Fsp3) is 0.375. The molecule has 1 aliphatic rings. The number of nitrogens with one attached hydrogen (secondary N) is 2. The van der Waals surface area contributed by atoms with E-state index in [1.807, 2.05) is 0 Å². The molecule has 3 rings (SSSR count). The lowest BCUT2D eigenvalue weighted by atomic mass is 9.87. The number of rotatable bonds is 9. The van der Waals surface area contributed by atoms with Crippen LogP contribution >= 0.6 is 0 Å². The summed E-state index contributed by atoms with van der Waals surface area (Å²) in [6.07, 6.45) is -3.01. The van der Waals surface area contributed by atoms with Gasteiger partial charge in [0.1, 0.15) is 17.3 Å². The Kier molecular flexibility index (Phi) is 8.73. The zero-order chi connectivity index (χ0) is 26.3. The average molecular weight is 512 g/mol. The Bertz CT molecular complexity index is 1080. The highest BCUT2D eigenvalue weighted by molar-refractivity contribution is 5.95. The van der Waals surface area contributed by atoms with E-state index in [0.29, 0.717) is 25.7 Å². The van der Waals surface area contributed by atoms with Crippen LogP contribution in [0.2, 0.25) is 0 Å². The first kappa shape index (κ1) is 26.8. The predicted octanol–water partition coefficient (Wildman–Crippen LogP) is 3.91. The molecule has 1 aliphatic carbocycles. The van der Waals surface area contributed by atoms with E-state index < -0.39 is 41.6 Å². The van der Waals surface area contributed by atoms with Crippen molar-refractivity contribution in [1.29, 1.82) is 0 Å². The monoisotopic (exact) mass is 512 g/mol. The minimum absolute atomic E-state index is 0.00674. The molecule has 2 aromatic rings. The first-order valence-corrected chi connectivity index (χ1v) is 11.1. The summed E-state index contributed by atoms with van der Waals surface area (Å²) in [5.41, 5.74) is -0.127. The molecule has 0 bridgehead atoms. The van der Waals surface area contributed by atoms with Gasteiger partial charge in [0.2, 0.25) is 0 Å². The predicted molar refractivity (Wildman–Crippen MR) is 118 cm³/mol. The van der Waals surface area contributed by atoms with Gasteiger partial charge < -0.3 is 25.2 Å². The Labute approximate surface area is 203 Å². The zero-order valence-corrected chi connectivity index (χ0v) is 18.9. The lowest BCUT2D eigenvalue weighted by molar-refractivity contribution is -0.274. The van der Waals surface area contributed by atoms with Gasteiger partial charge >= 0.3 is 12.3 Å². The standard InChI is InChI=1S/C24H24F4N2O6/c25-20-13-18(35-16-5-3-15(4-6-16)23(33)34)9-10-19(20)22(32)30-12-11-29-21(31)14-1-7-17(8-2-14)36-24(26,27)28/h1-2,7-10,13,15-16H,3-6,11-12H2,(H,29,31)(H,30,32)(H,33,34)/t15-,16+. The molecule has 0 atom stereocenters. The van der Waals surface area contributed by atoms with Gasteiger partial charge in [-0.15, -0.1) is 13.2 Å². The summed E-state index contributed by atoms with van der Waals surface area (Å²) in [6.45, 7) is -0.0302. The van der Waals surface area contributed by atoms with Gasteiger partial charge in [-0.05, 0) is 62.1 Å². The minimum Gasteiger partial charge on any atom is -0.490 e. The molecule has 1 saturated carbocycles. The average Bonchev–Trinajstić information content (AvgIpc) is 2.81. The van der Waals surface area contributed by atoms with E-state index in [9.17, 15) is 31.9 Å². The molecule has 0 aliphatic heterocycles. The zero-order valence-electron chi connectivity index (χ0n) is 18.9. The summed E-state index contributed by atoms with van der Waals surface area (Å²) in [6, 6.07) is 8.13. The minimum atomic E-state index is -4.84. The molecule has 12 heteroatoms. The van der Waals surface area contributed by atoms with Crippen LogP contribution in [0.25, 0.3) is 0 Å². The molecule has 0 heterocycles. The Morgan fingerprint density at radius 3 is 2.03 bits per heavy atom. The van der Waals surface area contributed by atoms with Crippen LogP contribution in [-0.2, 0) is 4.79 Å². The third-order valence-electron chi connectivity index (χ3n) is 5.56. The molecule has 0 radical (unpaired) electrons. The Morgan fingerprint density at radius 2 is 1.47 bits per heavy atom. The molecular formula is C24H24F4N2O6. The smallest absolute Gasteiger partial charge is 0.490 e. The van der Waals surface area contributed by atoms with Crippen molar-refractivity contribution in [1.82, 2.24) is 10.6 Å². The largest absolute Gasteiger partial charge is 0.573 e. The molecule has 3 N–H and O–H groups in total. The van der Waals surface area contributed by atoms with Gasteiger partial charge in [0.05, 0.1) is 17.6 Å². The topological polar surface area (TPSA) is 114 Å². The first-order valence-electron chi connectivity index (χ1n) is 11.1. The van der Waals surface area contributed by atoms with Gasteiger partial charge in [0.25, 0.3) is 11.8 Å². The van der Waals surface area contributed by atoms with Crippen LogP contribution in [0.1, 0.15) is 46.4 Å². The highest BCUT2D eigenvalue weighted by atomic mass is 19.4. The van der Waals surface area contributed by atoms with E-state index in [2.05, 4.69) is 15.4 Å². The highest BCUT2D eigenvalue weighted by Gasteiger charge is 2.31. The number of ether oxygens (including phenoxy) is 2. The lowest BCUT2D eigenvalue weighted by Crippen LogP contribution is -2.35. The molecular weight excluding hydrogens is 488 g/mol. The quantitative estimate of drug-likeness (QED) is 0.347. The third kappa shape index (κ3) is 7.85. The van der Waals surface area contributed by atoms with E-state index in [1.165, 1.54) is 12.1 Å². The molecule has 0 unspecified atom stereocenters. The van der Waals surface area contributed by atoms with Crippen molar-refractivity contribution in [3.05, 3.63) is 59.4 Å². The number of hydrogen-bond acceptors (Lipinski definition) is 5. The Hall–Kier alpha value is -3.83. The van der Waals surface area contributed by atoms with E-state index in [0.717, 1.165) is 30.3 Å². The number of carbonyl (C=O) groups excluding carboxylic acids is 2. The summed E-state index contributed by atoms with van der Waals surface area (Å²) in [5, 5.41) is 14.0. The van der Waals surface area contributed by atoms with E-state index in [-0.39, 0.29) is 36.1 Å². The summed E-state index contributed by atoms with van der Waals surface area (Å²) in [7, 11) is 0.